The smallest absolute Gasteiger partial charge is 0.255 e. The molecule has 5 rings (SSSR count). The number of anilines is 2. The van der Waals surface area contributed by atoms with Crippen LogP contribution in [0.5, 0.6) is 0 Å². The van der Waals surface area contributed by atoms with Gasteiger partial charge in [0, 0.05) is 61.6 Å². The summed E-state index contributed by atoms with van der Waals surface area (Å²) in [6, 6.07) is 28.2. The van der Waals surface area contributed by atoms with Crippen LogP contribution in [0.4, 0.5) is 11.4 Å². The molecule has 1 saturated heterocycles. The lowest BCUT2D eigenvalue weighted by Gasteiger charge is -2.36. The zero-order valence-electron chi connectivity index (χ0n) is 19.4. The maximum atomic E-state index is 12.7. The third kappa shape index (κ3) is 5.02. The number of carbonyl (C=O) groups is 1. The van der Waals surface area contributed by atoms with Gasteiger partial charge in [-0.05, 0) is 67.1 Å². The molecule has 0 spiro atoms. The molecule has 6 nitrogen and oxygen atoms in total. The number of aromatic nitrogens is 2. The molecular formula is C28H29N5O. The maximum Gasteiger partial charge on any atom is 0.255 e. The average molecular weight is 452 g/mol. The minimum atomic E-state index is -0.119. The van der Waals surface area contributed by atoms with Crippen molar-refractivity contribution in [2.45, 2.75) is 13.5 Å². The number of piperazine rings is 1. The van der Waals surface area contributed by atoms with E-state index in [2.05, 4.69) is 62.7 Å². The number of nitrogens with one attached hydrogen (secondary N) is 1. The lowest BCUT2D eigenvalue weighted by atomic mass is 10.1. The SMILES string of the molecule is Cc1ccnn1-c1ccc(C(=O)Nc2ccc(N3CCN(Cc4ccccc4)CC3)cc2)cc1. The molecule has 0 atom stereocenters. The second-order valence-electron chi connectivity index (χ2n) is 8.68. The van der Waals surface area contributed by atoms with Crippen LogP contribution in [0.25, 0.3) is 5.69 Å². The molecule has 0 bridgehead atoms. The van der Waals surface area contributed by atoms with Crippen molar-refractivity contribution in [3.05, 3.63) is 108 Å². The topological polar surface area (TPSA) is 53.4 Å². The molecule has 0 radical (unpaired) electrons. The molecule has 0 saturated carbocycles. The Balaban J connectivity index is 1.15. The van der Waals surface area contributed by atoms with Gasteiger partial charge < -0.3 is 10.2 Å². The summed E-state index contributed by atoms with van der Waals surface area (Å²) in [5.41, 5.74) is 5.95. The van der Waals surface area contributed by atoms with Gasteiger partial charge >= 0.3 is 0 Å². The van der Waals surface area contributed by atoms with Gasteiger partial charge in [-0.15, -0.1) is 0 Å². The molecule has 6 heteroatoms. The van der Waals surface area contributed by atoms with Crippen LogP contribution in [-0.2, 0) is 6.54 Å². The Morgan fingerprint density at radius 1 is 0.824 bits per heavy atom. The van der Waals surface area contributed by atoms with E-state index in [1.54, 1.807) is 6.20 Å². The molecule has 1 N–H and O–H groups in total. The van der Waals surface area contributed by atoms with Crippen molar-refractivity contribution in [1.82, 2.24) is 14.7 Å². The Labute approximate surface area is 200 Å². The maximum absolute atomic E-state index is 12.7. The predicted octanol–water partition coefficient (Wildman–Crippen LogP) is 4.76. The number of aryl methyl sites for hydroxylation is 1. The van der Waals surface area contributed by atoms with Gasteiger partial charge in [-0.25, -0.2) is 4.68 Å². The summed E-state index contributed by atoms with van der Waals surface area (Å²) in [5, 5.41) is 7.31. The number of hydrogen-bond donors (Lipinski definition) is 1. The van der Waals surface area contributed by atoms with Crippen molar-refractivity contribution in [3.8, 4) is 5.69 Å². The van der Waals surface area contributed by atoms with Crippen LogP contribution in [0, 0.1) is 6.92 Å². The molecule has 1 amide bonds. The first kappa shape index (κ1) is 21.9. The van der Waals surface area contributed by atoms with Gasteiger partial charge in [-0.2, -0.15) is 5.10 Å². The highest BCUT2D eigenvalue weighted by atomic mass is 16.1. The van der Waals surface area contributed by atoms with Crippen molar-refractivity contribution < 1.29 is 4.79 Å². The van der Waals surface area contributed by atoms with E-state index in [1.807, 2.05) is 54.1 Å². The fourth-order valence-corrected chi connectivity index (χ4v) is 4.36. The van der Waals surface area contributed by atoms with E-state index in [1.165, 1.54) is 11.3 Å². The molecule has 1 fully saturated rings. The Morgan fingerprint density at radius 3 is 2.15 bits per heavy atom. The Hall–Kier alpha value is -3.90. The van der Waals surface area contributed by atoms with Crippen LogP contribution < -0.4 is 10.2 Å². The van der Waals surface area contributed by atoms with Crippen molar-refractivity contribution in [1.29, 1.82) is 0 Å². The highest BCUT2D eigenvalue weighted by Gasteiger charge is 2.17. The minimum Gasteiger partial charge on any atom is -0.369 e. The summed E-state index contributed by atoms with van der Waals surface area (Å²) in [7, 11) is 0. The standard InChI is InChI=1S/C28H29N5O/c1-22-15-16-29-33(22)27-11-7-24(8-12-27)28(34)30-25-9-13-26(14-10-25)32-19-17-31(18-20-32)21-23-5-3-2-4-6-23/h2-16H,17-21H2,1H3,(H,30,34). The van der Waals surface area contributed by atoms with Crippen LogP contribution in [0.3, 0.4) is 0 Å². The first-order chi connectivity index (χ1) is 16.7. The summed E-state index contributed by atoms with van der Waals surface area (Å²) in [6.07, 6.45) is 1.77. The number of rotatable bonds is 6. The summed E-state index contributed by atoms with van der Waals surface area (Å²) in [5.74, 6) is -0.119. The second kappa shape index (κ2) is 9.93. The Kier molecular flexibility index (Phi) is 6.40. The number of carbonyl (C=O) groups excluding carboxylic acids is 1. The summed E-state index contributed by atoms with van der Waals surface area (Å²) < 4.78 is 1.85. The van der Waals surface area contributed by atoms with E-state index in [4.69, 9.17) is 0 Å². The molecule has 2 heterocycles. The number of benzene rings is 3. The van der Waals surface area contributed by atoms with Gasteiger partial charge in [0.2, 0.25) is 0 Å². The van der Waals surface area contributed by atoms with Crippen LogP contribution in [-0.4, -0.2) is 46.8 Å². The van der Waals surface area contributed by atoms with E-state index in [0.29, 0.717) is 5.56 Å². The molecule has 4 aromatic rings. The predicted molar refractivity (Wildman–Crippen MR) is 137 cm³/mol. The van der Waals surface area contributed by atoms with E-state index in [-0.39, 0.29) is 5.91 Å². The molecule has 0 unspecified atom stereocenters. The number of nitrogens with zero attached hydrogens (tertiary/aromatic N) is 4. The number of hydrogen-bond acceptors (Lipinski definition) is 4. The Morgan fingerprint density at radius 2 is 1.50 bits per heavy atom. The molecule has 1 aliphatic rings. The van der Waals surface area contributed by atoms with E-state index in [0.717, 1.165) is 49.8 Å². The van der Waals surface area contributed by atoms with E-state index < -0.39 is 0 Å². The quantitative estimate of drug-likeness (QED) is 0.459. The van der Waals surface area contributed by atoms with Gasteiger partial charge in [0.1, 0.15) is 0 Å². The molecule has 0 aliphatic carbocycles. The van der Waals surface area contributed by atoms with Crippen LogP contribution in [0.15, 0.2) is 91.1 Å². The normalized spacial score (nSPS) is 14.2. The summed E-state index contributed by atoms with van der Waals surface area (Å²) in [4.78, 5) is 17.6. The van der Waals surface area contributed by atoms with Crippen LogP contribution >= 0.6 is 0 Å². The molecular weight excluding hydrogens is 422 g/mol. The zero-order chi connectivity index (χ0) is 23.3. The summed E-state index contributed by atoms with van der Waals surface area (Å²) in [6.45, 7) is 7.09. The highest BCUT2D eigenvalue weighted by molar-refractivity contribution is 6.04. The van der Waals surface area contributed by atoms with E-state index >= 15 is 0 Å². The third-order valence-corrected chi connectivity index (χ3v) is 6.32. The van der Waals surface area contributed by atoms with Gasteiger partial charge in [-0.1, -0.05) is 30.3 Å². The first-order valence-electron chi connectivity index (χ1n) is 11.7. The molecule has 3 aromatic carbocycles. The van der Waals surface area contributed by atoms with Crippen molar-refractivity contribution in [3.63, 3.8) is 0 Å². The zero-order valence-corrected chi connectivity index (χ0v) is 19.4. The lowest BCUT2D eigenvalue weighted by Crippen LogP contribution is -2.45. The van der Waals surface area contributed by atoms with Gasteiger partial charge in [0.25, 0.3) is 5.91 Å². The summed E-state index contributed by atoms with van der Waals surface area (Å²) >= 11 is 0. The van der Waals surface area contributed by atoms with Gasteiger partial charge in [0.05, 0.1) is 5.69 Å². The van der Waals surface area contributed by atoms with Gasteiger partial charge in [0.15, 0.2) is 0 Å². The molecule has 172 valence electrons. The fraction of sp³-hybridized carbons (Fsp3) is 0.214. The lowest BCUT2D eigenvalue weighted by molar-refractivity contribution is 0.102. The van der Waals surface area contributed by atoms with Crippen molar-refractivity contribution >= 4 is 17.3 Å². The van der Waals surface area contributed by atoms with Crippen LogP contribution in [0.2, 0.25) is 0 Å². The monoisotopic (exact) mass is 451 g/mol. The fourth-order valence-electron chi connectivity index (χ4n) is 4.36. The minimum absolute atomic E-state index is 0.119. The molecule has 1 aliphatic heterocycles. The highest BCUT2D eigenvalue weighted by Crippen LogP contribution is 2.21. The van der Waals surface area contributed by atoms with Crippen molar-refractivity contribution in [2.75, 3.05) is 36.4 Å². The number of amides is 1. The molecule has 34 heavy (non-hydrogen) atoms. The third-order valence-electron chi connectivity index (χ3n) is 6.32. The first-order valence-corrected chi connectivity index (χ1v) is 11.7. The van der Waals surface area contributed by atoms with Gasteiger partial charge in [-0.3, -0.25) is 9.69 Å². The van der Waals surface area contributed by atoms with Crippen molar-refractivity contribution in [2.24, 2.45) is 0 Å². The molecule has 1 aromatic heterocycles. The second-order valence-corrected chi connectivity index (χ2v) is 8.68. The van der Waals surface area contributed by atoms with E-state index in [9.17, 15) is 4.79 Å². The average Bonchev–Trinajstić information content (AvgIpc) is 3.31. The largest absolute Gasteiger partial charge is 0.369 e. The Bertz CT molecular complexity index is 1220. The van der Waals surface area contributed by atoms with Crippen LogP contribution in [0.1, 0.15) is 21.6 Å².